The highest BCUT2D eigenvalue weighted by Crippen LogP contribution is 2.39. The molecule has 0 radical (unpaired) electrons. The molecule has 1 N–H and O–H groups in total. The average molecular weight is 676 g/mol. The van der Waals surface area contributed by atoms with Crippen LogP contribution >= 0.6 is 0 Å². The molecule has 2 atom stereocenters. The standard InChI is InChI=1S/C35H34FN3O8S/c1-4-46-34(42)31-29(21-14-15-22(28(36)17-21)19-48(3,44)45)27-13-7-12-24(30(27)37-31)20(2)39-18-23(47-35(39)43)9-8-16-38-32(40)25-10-5-6-11-26(25)33(38)41/h5-7,10-15,17,20,23,37H,4,8-9,16,18-19H2,1-3H3. The lowest BCUT2D eigenvalue weighted by Crippen LogP contribution is -2.31. The Morgan fingerprint density at radius 3 is 2.42 bits per heavy atom. The Morgan fingerprint density at radius 2 is 1.77 bits per heavy atom. The van der Waals surface area contributed by atoms with E-state index in [-0.39, 0.29) is 42.8 Å². The summed E-state index contributed by atoms with van der Waals surface area (Å²) in [6, 6.07) is 15.7. The summed E-state index contributed by atoms with van der Waals surface area (Å²) in [6.45, 7) is 4.08. The van der Waals surface area contributed by atoms with Gasteiger partial charge in [-0.1, -0.05) is 42.5 Å². The zero-order valence-electron chi connectivity index (χ0n) is 26.6. The fourth-order valence-corrected chi connectivity index (χ4v) is 7.24. The molecule has 0 spiro atoms. The first-order valence-electron chi connectivity index (χ1n) is 15.6. The molecule has 2 aliphatic rings. The van der Waals surface area contributed by atoms with Crippen molar-refractivity contribution in [3.63, 3.8) is 0 Å². The molecule has 3 heterocycles. The maximum absolute atomic E-state index is 15.1. The molecule has 6 rings (SSSR count). The number of aromatic amines is 1. The molecule has 3 amide bonds. The fraction of sp³-hybridized carbons (Fsp3) is 0.314. The number of hydrogen-bond donors (Lipinski definition) is 1. The molecule has 1 saturated heterocycles. The zero-order valence-corrected chi connectivity index (χ0v) is 27.4. The number of esters is 1. The quantitative estimate of drug-likeness (QED) is 0.159. The lowest BCUT2D eigenvalue weighted by atomic mass is 9.97. The number of H-pyrrole nitrogens is 1. The van der Waals surface area contributed by atoms with E-state index in [1.807, 2.05) is 13.0 Å². The van der Waals surface area contributed by atoms with Gasteiger partial charge in [0.1, 0.15) is 17.6 Å². The molecule has 3 aromatic carbocycles. The Balaban J connectivity index is 1.23. The monoisotopic (exact) mass is 675 g/mol. The highest BCUT2D eigenvalue weighted by Gasteiger charge is 2.38. The van der Waals surface area contributed by atoms with Crippen LogP contribution in [0.2, 0.25) is 0 Å². The van der Waals surface area contributed by atoms with Gasteiger partial charge in [-0.15, -0.1) is 0 Å². The fourth-order valence-electron chi connectivity index (χ4n) is 6.44. The maximum Gasteiger partial charge on any atom is 0.410 e. The van der Waals surface area contributed by atoms with E-state index in [2.05, 4.69) is 4.98 Å². The second kappa shape index (κ2) is 12.9. The Morgan fingerprint density at radius 1 is 1.06 bits per heavy atom. The van der Waals surface area contributed by atoms with Crippen LogP contribution in [-0.2, 0) is 25.1 Å². The Kier molecular flexibility index (Phi) is 8.82. The molecule has 11 nitrogen and oxygen atoms in total. The van der Waals surface area contributed by atoms with Crippen molar-refractivity contribution < 1.29 is 41.5 Å². The van der Waals surface area contributed by atoms with Crippen LogP contribution in [0.25, 0.3) is 22.0 Å². The summed E-state index contributed by atoms with van der Waals surface area (Å²) in [5.74, 6) is -2.50. The van der Waals surface area contributed by atoms with E-state index >= 15 is 4.39 Å². The van der Waals surface area contributed by atoms with Crippen molar-refractivity contribution in [2.45, 2.75) is 44.6 Å². The van der Waals surface area contributed by atoms with E-state index in [1.54, 1.807) is 54.3 Å². The summed E-state index contributed by atoms with van der Waals surface area (Å²) >= 11 is 0. The molecular weight excluding hydrogens is 641 g/mol. The second-order valence-electron chi connectivity index (χ2n) is 12.0. The largest absolute Gasteiger partial charge is 0.461 e. The van der Waals surface area contributed by atoms with Gasteiger partial charge in [-0.25, -0.2) is 22.4 Å². The number of ether oxygens (including phenoxy) is 2. The van der Waals surface area contributed by atoms with Gasteiger partial charge in [0.25, 0.3) is 11.8 Å². The lowest BCUT2D eigenvalue weighted by molar-refractivity contribution is 0.0520. The highest BCUT2D eigenvalue weighted by atomic mass is 32.2. The van der Waals surface area contributed by atoms with Gasteiger partial charge >= 0.3 is 12.1 Å². The van der Waals surface area contributed by atoms with Gasteiger partial charge in [0, 0.05) is 29.3 Å². The summed E-state index contributed by atoms with van der Waals surface area (Å²) in [5.41, 5.74) is 2.84. The van der Waals surface area contributed by atoms with Gasteiger partial charge in [-0.05, 0) is 56.0 Å². The highest BCUT2D eigenvalue weighted by molar-refractivity contribution is 7.89. The average Bonchev–Trinajstić information content (AvgIpc) is 3.69. The number of sulfone groups is 1. The van der Waals surface area contributed by atoms with E-state index in [0.717, 1.165) is 6.26 Å². The summed E-state index contributed by atoms with van der Waals surface area (Å²) < 4.78 is 49.7. The molecule has 0 bridgehead atoms. The van der Waals surface area contributed by atoms with Gasteiger partial charge in [-0.2, -0.15) is 0 Å². The van der Waals surface area contributed by atoms with E-state index in [1.165, 1.54) is 17.0 Å². The first-order valence-corrected chi connectivity index (χ1v) is 17.6. The van der Waals surface area contributed by atoms with Crippen LogP contribution < -0.4 is 0 Å². The number of amides is 3. The number of para-hydroxylation sites is 1. The topological polar surface area (TPSA) is 143 Å². The number of hydrogen-bond acceptors (Lipinski definition) is 8. The van der Waals surface area contributed by atoms with E-state index < -0.39 is 45.6 Å². The first-order chi connectivity index (χ1) is 22.9. The third kappa shape index (κ3) is 6.17. The number of cyclic esters (lactones) is 1. The van der Waals surface area contributed by atoms with Crippen molar-refractivity contribution in [3.05, 3.63) is 94.4 Å². The van der Waals surface area contributed by atoms with Gasteiger partial charge in [0.05, 0.1) is 41.6 Å². The number of fused-ring (bicyclic) bond motifs is 2. The predicted molar refractivity (Wildman–Crippen MR) is 175 cm³/mol. The van der Waals surface area contributed by atoms with Crippen molar-refractivity contribution in [1.82, 2.24) is 14.8 Å². The maximum atomic E-state index is 15.1. The third-order valence-corrected chi connectivity index (χ3v) is 9.55. The van der Waals surface area contributed by atoms with E-state index in [4.69, 9.17) is 9.47 Å². The van der Waals surface area contributed by atoms with Crippen LogP contribution in [0.5, 0.6) is 0 Å². The molecule has 250 valence electrons. The summed E-state index contributed by atoms with van der Waals surface area (Å²) in [4.78, 5) is 57.6. The summed E-state index contributed by atoms with van der Waals surface area (Å²) in [6.07, 6.45) is 0.928. The van der Waals surface area contributed by atoms with Crippen LogP contribution in [0, 0.1) is 5.82 Å². The Labute approximate surface area is 276 Å². The number of carbonyl (C=O) groups is 4. The number of halogens is 1. The number of nitrogens with one attached hydrogen (secondary N) is 1. The number of carbonyl (C=O) groups excluding carboxylic acids is 4. The van der Waals surface area contributed by atoms with Gasteiger partial charge < -0.3 is 14.5 Å². The minimum absolute atomic E-state index is 0.0129. The molecule has 0 saturated carbocycles. The molecule has 2 aliphatic heterocycles. The molecule has 1 aromatic heterocycles. The minimum Gasteiger partial charge on any atom is -0.461 e. The van der Waals surface area contributed by atoms with Crippen LogP contribution in [0.15, 0.2) is 60.7 Å². The van der Waals surface area contributed by atoms with Crippen molar-refractivity contribution in [3.8, 4) is 11.1 Å². The third-order valence-electron chi connectivity index (χ3n) is 8.71. The number of aromatic nitrogens is 1. The molecule has 0 aliphatic carbocycles. The lowest BCUT2D eigenvalue weighted by Gasteiger charge is -2.23. The van der Waals surface area contributed by atoms with Crippen molar-refractivity contribution in [2.75, 3.05) is 26.0 Å². The molecule has 13 heteroatoms. The SMILES string of the molecule is CCOC(=O)c1[nH]c2c(C(C)N3CC(CCCN4C(=O)c5ccccc5C4=O)OC3=O)cccc2c1-c1ccc(CS(C)(=O)=O)c(F)c1. The molecule has 48 heavy (non-hydrogen) atoms. The van der Waals surface area contributed by atoms with Crippen LogP contribution in [-0.4, -0.2) is 79.1 Å². The number of imide groups is 1. The first kappa shape index (κ1) is 32.9. The van der Waals surface area contributed by atoms with Gasteiger partial charge in [0.2, 0.25) is 0 Å². The van der Waals surface area contributed by atoms with Crippen LogP contribution in [0.4, 0.5) is 9.18 Å². The van der Waals surface area contributed by atoms with Gasteiger partial charge in [0.15, 0.2) is 9.84 Å². The van der Waals surface area contributed by atoms with Gasteiger partial charge in [-0.3, -0.25) is 19.4 Å². The summed E-state index contributed by atoms with van der Waals surface area (Å²) in [5, 5.41) is 0.586. The van der Waals surface area contributed by atoms with E-state index in [0.29, 0.717) is 51.6 Å². The Bertz CT molecular complexity index is 2040. The van der Waals surface area contributed by atoms with E-state index in [9.17, 15) is 27.6 Å². The Hall–Kier alpha value is -5.04. The number of benzene rings is 3. The zero-order chi connectivity index (χ0) is 34.3. The summed E-state index contributed by atoms with van der Waals surface area (Å²) in [7, 11) is -3.48. The predicted octanol–water partition coefficient (Wildman–Crippen LogP) is 5.65. The molecular formula is C35H34FN3O8S. The van der Waals surface area contributed by atoms with Crippen LogP contribution in [0.3, 0.4) is 0 Å². The molecule has 4 aromatic rings. The van der Waals surface area contributed by atoms with Crippen LogP contribution in [0.1, 0.15) is 75.1 Å². The van der Waals surface area contributed by atoms with Crippen molar-refractivity contribution in [1.29, 1.82) is 0 Å². The normalized spacial score (nSPS) is 16.8. The van der Waals surface area contributed by atoms with Crippen molar-refractivity contribution in [2.24, 2.45) is 0 Å². The number of nitrogens with zero attached hydrogens (tertiary/aromatic N) is 2. The second-order valence-corrected chi connectivity index (χ2v) is 14.2. The molecule has 2 unspecified atom stereocenters. The van der Waals surface area contributed by atoms with Crippen molar-refractivity contribution >= 4 is 44.6 Å². The minimum atomic E-state index is -3.48. The smallest absolute Gasteiger partial charge is 0.410 e. The molecule has 1 fully saturated rings. The number of rotatable bonds is 11.